The number of rotatable bonds is 4. The third-order valence-electron chi connectivity index (χ3n) is 4.21. The van der Waals surface area contributed by atoms with Gasteiger partial charge in [-0.2, -0.15) is 0 Å². The van der Waals surface area contributed by atoms with Crippen molar-refractivity contribution in [2.75, 3.05) is 6.54 Å². The molecule has 0 bridgehead atoms. The zero-order chi connectivity index (χ0) is 15.4. The van der Waals surface area contributed by atoms with Crippen molar-refractivity contribution in [3.63, 3.8) is 0 Å². The van der Waals surface area contributed by atoms with Crippen LogP contribution in [0, 0.1) is 0 Å². The van der Waals surface area contributed by atoms with Crippen LogP contribution >= 0.6 is 15.9 Å². The van der Waals surface area contributed by atoms with Crippen LogP contribution in [-0.4, -0.2) is 33.7 Å². The van der Waals surface area contributed by atoms with Gasteiger partial charge in [-0.25, -0.2) is 0 Å². The van der Waals surface area contributed by atoms with Crippen LogP contribution in [0.2, 0.25) is 0 Å². The van der Waals surface area contributed by atoms with Gasteiger partial charge in [0.25, 0.3) is 0 Å². The highest BCUT2D eigenvalue weighted by Crippen LogP contribution is 2.36. The first-order valence-electron chi connectivity index (χ1n) is 7.51. The number of carboxylic acids is 1. The molecule has 116 valence electrons. The molecule has 21 heavy (non-hydrogen) atoms. The zero-order valence-corrected chi connectivity index (χ0v) is 13.8. The number of phenolic OH excluding ortho intramolecular Hbond substituents is 1. The second-order valence-corrected chi connectivity index (χ2v) is 6.48. The number of aromatic hydroxyl groups is 1. The molecule has 0 saturated carbocycles. The molecular weight excluding hydrogens is 334 g/mol. The first kappa shape index (κ1) is 16.3. The maximum absolute atomic E-state index is 11.6. The van der Waals surface area contributed by atoms with Crippen molar-refractivity contribution < 1.29 is 15.0 Å². The van der Waals surface area contributed by atoms with Crippen molar-refractivity contribution in [3.8, 4) is 5.75 Å². The number of carboxylic acid groups (broad SMARTS) is 1. The van der Waals surface area contributed by atoms with Crippen molar-refractivity contribution >= 4 is 21.9 Å². The van der Waals surface area contributed by atoms with Crippen LogP contribution in [0.25, 0.3) is 0 Å². The lowest BCUT2D eigenvalue weighted by molar-refractivity contribution is -0.144. The normalized spacial score (nSPS) is 21.7. The molecular formula is C16H22BrNO3. The van der Waals surface area contributed by atoms with E-state index in [9.17, 15) is 15.0 Å². The molecule has 4 nitrogen and oxygen atoms in total. The summed E-state index contributed by atoms with van der Waals surface area (Å²) in [5.74, 6) is -0.525. The van der Waals surface area contributed by atoms with Crippen LogP contribution < -0.4 is 0 Å². The number of benzene rings is 1. The third-order valence-corrected chi connectivity index (χ3v) is 4.71. The summed E-state index contributed by atoms with van der Waals surface area (Å²) in [6, 6.07) is 4.82. The van der Waals surface area contributed by atoms with E-state index >= 15 is 0 Å². The highest BCUT2D eigenvalue weighted by atomic mass is 79.9. The number of carbonyl (C=O) groups is 1. The lowest BCUT2D eigenvalue weighted by Gasteiger charge is -2.35. The average molecular weight is 356 g/mol. The Balaban J connectivity index is 2.37. The van der Waals surface area contributed by atoms with Gasteiger partial charge >= 0.3 is 5.97 Å². The van der Waals surface area contributed by atoms with E-state index in [1.807, 2.05) is 13.0 Å². The van der Waals surface area contributed by atoms with Gasteiger partial charge in [0.1, 0.15) is 11.8 Å². The van der Waals surface area contributed by atoms with Gasteiger partial charge in [0.15, 0.2) is 0 Å². The van der Waals surface area contributed by atoms with Crippen LogP contribution in [0.15, 0.2) is 22.7 Å². The van der Waals surface area contributed by atoms with Gasteiger partial charge < -0.3 is 10.2 Å². The number of nitrogens with zero attached hydrogens (tertiary/aromatic N) is 1. The number of hydrogen-bond acceptors (Lipinski definition) is 3. The Labute approximate surface area is 133 Å². The summed E-state index contributed by atoms with van der Waals surface area (Å²) in [6.45, 7) is 2.80. The molecule has 0 aromatic heterocycles. The van der Waals surface area contributed by atoms with E-state index in [4.69, 9.17) is 0 Å². The van der Waals surface area contributed by atoms with Crippen molar-refractivity contribution in [2.24, 2.45) is 0 Å². The lowest BCUT2D eigenvalue weighted by Crippen LogP contribution is -2.43. The molecule has 1 fully saturated rings. The third kappa shape index (κ3) is 3.77. The largest absolute Gasteiger partial charge is 0.508 e. The molecule has 2 atom stereocenters. The summed E-state index contributed by atoms with van der Waals surface area (Å²) in [4.78, 5) is 13.7. The minimum absolute atomic E-state index is 0.0679. The van der Waals surface area contributed by atoms with E-state index in [1.54, 1.807) is 12.1 Å². The molecule has 1 aromatic rings. The number of halogens is 1. The van der Waals surface area contributed by atoms with E-state index in [0.29, 0.717) is 6.42 Å². The second kappa shape index (κ2) is 7.27. The SMILES string of the molecule is CCC(c1cc(Br)ccc1O)N1CCCCCC1C(=O)O. The Morgan fingerprint density at radius 3 is 2.86 bits per heavy atom. The molecule has 5 heteroatoms. The van der Waals surface area contributed by atoms with Crippen molar-refractivity contribution in [1.82, 2.24) is 4.90 Å². The minimum atomic E-state index is -0.759. The molecule has 0 amide bonds. The summed E-state index contributed by atoms with van der Waals surface area (Å²) in [5.41, 5.74) is 0.806. The van der Waals surface area contributed by atoms with Crippen molar-refractivity contribution in [1.29, 1.82) is 0 Å². The Kier molecular flexibility index (Phi) is 5.65. The van der Waals surface area contributed by atoms with Gasteiger partial charge in [0, 0.05) is 16.1 Å². The van der Waals surface area contributed by atoms with E-state index < -0.39 is 12.0 Å². The van der Waals surface area contributed by atoms with Gasteiger partial charge in [-0.15, -0.1) is 0 Å². The molecule has 2 N–H and O–H groups in total. The molecule has 1 saturated heterocycles. The highest BCUT2D eigenvalue weighted by molar-refractivity contribution is 9.10. The fraction of sp³-hybridized carbons (Fsp3) is 0.562. The molecule has 2 unspecified atom stereocenters. The van der Waals surface area contributed by atoms with Gasteiger partial charge in [-0.3, -0.25) is 9.69 Å². The summed E-state index contributed by atoms with van der Waals surface area (Å²) < 4.78 is 0.899. The fourth-order valence-electron chi connectivity index (χ4n) is 3.19. The van der Waals surface area contributed by atoms with Gasteiger partial charge in [-0.1, -0.05) is 35.7 Å². The molecule has 1 aliphatic rings. The standard InChI is InChI=1S/C16H22BrNO3/c1-2-13(12-10-11(17)7-8-15(12)19)18-9-5-3-4-6-14(18)16(20)21/h7-8,10,13-14,19H,2-6,9H2,1H3,(H,20,21). The Bertz CT molecular complexity index is 506. The lowest BCUT2D eigenvalue weighted by atomic mass is 9.99. The first-order chi connectivity index (χ1) is 10.0. The highest BCUT2D eigenvalue weighted by Gasteiger charge is 2.33. The van der Waals surface area contributed by atoms with Crippen LogP contribution in [0.4, 0.5) is 0 Å². The summed E-state index contributed by atoms with van der Waals surface area (Å²) >= 11 is 3.43. The monoisotopic (exact) mass is 355 g/mol. The molecule has 0 aliphatic carbocycles. The predicted octanol–water partition coefficient (Wildman–Crippen LogP) is 3.94. The topological polar surface area (TPSA) is 60.8 Å². The molecule has 2 rings (SSSR count). The quantitative estimate of drug-likeness (QED) is 0.858. The van der Waals surface area contributed by atoms with E-state index in [0.717, 1.165) is 42.3 Å². The van der Waals surface area contributed by atoms with Gasteiger partial charge in [0.2, 0.25) is 0 Å². The molecule has 1 aromatic carbocycles. The Morgan fingerprint density at radius 1 is 1.43 bits per heavy atom. The van der Waals surface area contributed by atoms with E-state index in [1.165, 1.54) is 0 Å². The summed E-state index contributed by atoms with van der Waals surface area (Å²) in [5, 5.41) is 19.7. The van der Waals surface area contributed by atoms with Gasteiger partial charge in [-0.05, 0) is 44.0 Å². The number of hydrogen-bond donors (Lipinski definition) is 2. The number of phenols is 1. The molecule has 1 aliphatic heterocycles. The Morgan fingerprint density at radius 2 is 2.19 bits per heavy atom. The first-order valence-corrected chi connectivity index (χ1v) is 8.30. The minimum Gasteiger partial charge on any atom is -0.508 e. The maximum atomic E-state index is 11.6. The smallest absolute Gasteiger partial charge is 0.320 e. The van der Waals surface area contributed by atoms with Crippen LogP contribution in [0.1, 0.15) is 50.6 Å². The van der Waals surface area contributed by atoms with E-state index in [2.05, 4.69) is 20.8 Å². The number of likely N-dealkylation sites (tertiary alicyclic amines) is 1. The molecule has 0 spiro atoms. The molecule has 0 radical (unpaired) electrons. The predicted molar refractivity (Wildman–Crippen MR) is 85.4 cm³/mol. The maximum Gasteiger partial charge on any atom is 0.320 e. The Hall–Kier alpha value is -1.07. The number of aliphatic carboxylic acids is 1. The van der Waals surface area contributed by atoms with E-state index in [-0.39, 0.29) is 11.8 Å². The van der Waals surface area contributed by atoms with Crippen molar-refractivity contribution in [2.45, 2.75) is 51.1 Å². The fourth-order valence-corrected chi connectivity index (χ4v) is 3.57. The van der Waals surface area contributed by atoms with Crippen LogP contribution in [0.5, 0.6) is 5.75 Å². The zero-order valence-electron chi connectivity index (χ0n) is 12.3. The van der Waals surface area contributed by atoms with Crippen LogP contribution in [-0.2, 0) is 4.79 Å². The summed E-state index contributed by atoms with van der Waals surface area (Å²) in [6.07, 6.45) is 4.49. The second-order valence-electron chi connectivity index (χ2n) is 5.57. The summed E-state index contributed by atoms with van der Waals surface area (Å²) in [7, 11) is 0. The van der Waals surface area contributed by atoms with Gasteiger partial charge in [0.05, 0.1) is 0 Å². The van der Waals surface area contributed by atoms with Crippen LogP contribution in [0.3, 0.4) is 0 Å². The molecule has 1 heterocycles. The van der Waals surface area contributed by atoms with Crippen molar-refractivity contribution in [3.05, 3.63) is 28.2 Å². The average Bonchev–Trinajstić information content (AvgIpc) is 2.69.